The molecule has 0 aliphatic rings. The summed E-state index contributed by atoms with van der Waals surface area (Å²) >= 11 is 0. The fourth-order valence-electron chi connectivity index (χ4n) is 4.50. The van der Waals surface area contributed by atoms with Crippen LogP contribution in [0, 0.1) is 5.82 Å². The molecule has 7 rings (SSSR count). The Kier molecular flexibility index (Phi) is 5.51. The van der Waals surface area contributed by atoms with Gasteiger partial charge in [-0.3, -0.25) is 15.1 Å². The zero-order chi connectivity index (χ0) is 26.2. The molecular formula is C30H20FN7O. The third kappa shape index (κ3) is 4.25. The number of nitrogens with one attached hydrogen (secondary N) is 2. The molecule has 2 aromatic carbocycles. The zero-order valence-corrected chi connectivity index (χ0v) is 20.5. The molecule has 0 aliphatic carbocycles. The van der Waals surface area contributed by atoms with Gasteiger partial charge >= 0.3 is 0 Å². The van der Waals surface area contributed by atoms with E-state index in [1.54, 1.807) is 42.9 Å². The number of rotatable bonds is 6. The number of pyridine rings is 3. The van der Waals surface area contributed by atoms with Crippen molar-refractivity contribution in [3.05, 3.63) is 109 Å². The Hall–Kier alpha value is -5.44. The van der Waals surface area contributed by atoms with Crippen molar-refractivity contribution >= 4 is 22.1 Å². The summed E-state index contributed by atoms with van der Waals surface area (Å²) in [4.78, 5) is 21.7. The van der Waals surface area contributed by atoms with Gasteiger partial charge in [-0.2, -0.15) is 5.10 Å². The van der Waals surface area contributed by atoms with Crippen LogP contribution in [0.4, 0.5) is 4.39 Å². The average molecular weight is 514 g/mol. The lowest BCUT2D eigenvalue weighted by atomic mass is 10.1. The van der Waals surface area contributed by atoms with Gasteiger partial charge in [0.15, 0.2) is 11.5 Å². The number of nitrogens with zero attached hydrogens (tertiary/aromatic N) is 5. The maximum Gasteiger partial charge on any atom is 0.161 e. The van der Waals surface area contributed by atoms with Crippen molar-refractivity contribution in [1.29, 1.82) is 0 Å². The van der Waals surface area contributed by atoms with Crippen LogP contribution in [0.5, 0.6) is 5.75 Å². The molecule has 0 aliphatic heterocycles. The van der Waals surface area contributed by atoms with Crippen molar-refractivity contribution in [3.8, 4) is 39.8 Å². The van der Waals surface area contributed by atoms with Crippen LogP contribution < -0.4 is 4.74 Å². The summed E-state index contributed by atoms with van der Waals surface area (Å²) in [5.41, 5.74) is 6.66. The van der Waals surface area contributed by atoms with Gasteiger partial charge in [0.05, 0.1) is 22.9 Å². The molecule has 0 atom stereocenters. The molecule has 2 N–H and O–H groups in total. The van der Waals surface area contributed by atoms with Crippen LogP contribution in [-0.4, -0.2) is 35.1 Å². The van der Waals surface area contributed by atoms with E-state index in [0.29, 0.717) is 51.9 Å². The first-order chi connectivity index (χ1) is 19.2. The molecule has 0 unspecified atom stereocenters. The normalized spacial score (nSPS) is 11.3. The highest BCUT2D eigenvalue weighted by Gasteiger charge is 2.18. The Morgan fingerprint density at radius 3 is 2.54 bits per heavy atom. The maximum atomic E-state index is 14.5. The van der Waals surface area contributed by atoms with Gasteiger partial charge in [-0.1, -0.05) is 42.5 Å². The predicted octanol–water partition coefficient (Wildman–Crippen LogP) is 6.34. The Morgan fingerprint density at radius 2 is 1.64 bits per heavy atom. The number of halogens is 1. The number of imidazole rings is 1. The number of fused-ring (bicyclic) bond motifs is 2. The Morgan fingerprint density at radius 1 is 0.795 bits per heavy atom. The number of hydrogen-bond acceptors (Lipinski definition) is 6. The predicted molar refractivity (Wildman–Crippen MR) is 146 cm³/mol. The number of aromatic nitrogens is 7. The second-order valence-electron chi connectivity index (χ2n) is 8.97. The average Bonchev–Trinajstić information content (AvgIpc) is 3.61. The summed E-state index contributed by atoms with van der Waals surface area (Å²) in [5.74, 6) is 0.794. The summed E-state index contributed by atoms with van der Waals surface area (Å²) in [6, 6.07) is 24.0. The minimum absolute atomic E-state index is 0.359. The standard InChI is InChI=1S/C30H20FN7O/c31-22-9-5-4-8-21(22)26-27-24(12-13-33-26)35-30(36-27)29-28-25(37-38-29)11-10-23(34-28)19-14-20(16-32-15-19)39-17-18-6-2-1-3-7-18/h1-16H,17H2,(H,35,36)(H,37,38). The summed E-state index contributed by atoms with van der Waals surface area (Å²) in [6.45, 7) is 0.445. The smallest absolute Gasteiger partial charge is 0.161 e. The summed E-state index contributed by atoms with van der Waals surface area (Å²) in [7, 11) is 0. The van der Waals surface area contributed by atoms with E-state index < -0.39 is 0 Å². The van der Waals surface area contributed by atoms with Crippen molar-refractivity contribution in [3.63, 3.8) is 0 Å². The van der Waals surface area contributed by atoms with Crippen molar-refractivity contribution < 1.29 is 9.13 Å². The Bertz CT molecular complexity index is 1950. The maximum absolute atomic E-state index is 14.5. The summed E-state index contributed by atoms with van der Waals surface area (Å²) < 4.78 is 20.5. The van der Waals surface area contributed by atoms with Gasteiger partial charge in [0.25, 0.3) is 0 Å². The van der Waals surface area contributed by atoms with Crippen LogP contribution >= 0.6 is 0 Å². The molecule has 0 fully saturated rings. The monoisotopic (exact) mass is 513 g/mol. The van der Waals surface area contributed by atoms with Crippen molar-refractivity contribution in [2.45, 2.75) is 6.61 Å². The zero-order valence-electron chi connectivity index (χ0n) is 20.5. The van der Waals surface area contributed by atoms with Crippen molar-refractivity contribution in [2.24, 2.45) is 0 Å². The first-order valence-electron chi connectivity index (χ1n) is 12.3. The van der Waals surface area contributed by atoms with Gasteiger partial charge in [0, 0.05) is 23.5 Å². The quantitative estimate of drug-likeness (QED) is 0.269. The van der Waals surface area contributed by atoms with Crippen LogP contribution in [0.15, 0.2) is 97.5 Å². The summed E-state index contributed by atoms with van der Waals surface area (Å²) in [5, 5.41) is 7.51. The van der Waals surface area contributed by atoms with Gasteiger partial charge in [-0.15, -0.1) is 0 Å². The van der Waals surface area contributed by atoms with Crippen LogP contribution in [0.2, 0.25) is 0 Å². The van der Waals surface area contributed by atoms with E-state index in [2.05, 4.69) is 25.1 Å². The lowest BCUT2D eigenvalue weighted by Gasteiger charge is -2.08. The fourth-order valence-corrected chi connectivity index (χ4v) is 4.50. The van der Waals surface area contributed by atoms with E-state index in [4.69, 9.17) is 14.7 Å². The van der Waals surface area contributed by atoms with E-state index in [9.17, 15) is 4.39 Å². The lowest BCUT2D eigenvalue weighted by Crippen LogP contribution is -1.96. The molecule has 8 nitrogen and oxygen atoms in total. The molecular weight excluding hydrogens is 493 g/mol. The van der Waals surface area contributed by atoms with Crippen molar-refractivity contribution in [1.82, 2.24) is 35.1 Å². The molecule has 0 radical (unpaired) electrons. The third-order valence-electron chi connectivity index (χ3n) is 6.42. The van der Waals surface area contributed by atoms with Gasteiger partial charge < -0.3 is 9.72 Å². The van der Waals surface area contributed by atoms with Crippen LogP contribution in [0.25, 0.3) is 56.1 Å². The van der Waals surface area contributed by atoms with Gasteiger partial charge in [-0.25, -0.2) is 14.4 Å². The number of hydrogen-bond donors (Lipinski definition) is 2. The van der Waals surface area contributed by atoms with Crippen molar-refractivity contribution in [2.75, 3.05) is 0 Å². The van der Waals surface area contributed by atoms with E-state index >= 15 is 0 Å². The lowest BCUT2D eigenvalue weighted by molar-refractivity contribution is 0.305. The Labute approximate surface area is 221 Å². The van der Waals surface area contributed by atoms with E-state index in [1.165, 1.54) is 6.07 Å². The van der Waals surface area contributed by atoms with E-state index in [1.807, 2.05) is 48.5 Å². The van der Waals surface area contributed by atoms with Gasteiger partial charge in [0.2, 0.25) is 0 Å². The first kappa shape index (κ1) is 22.7. The molecule has 9 heteroatoms. The summed E-state index contributed by atoms with van der Waals surface area (Å²) in [6.07, 6.45) is 5.06. The third-order valence-corrected chi connectivity index (χ3v) is 6.42. The molecule has 7 aromatic rings. The SMILES string of the molecule is Fc1ccccc1-c1nccc2[nH]c(-c3n[nH]c4ccc(-c5cncc(OCc6ccccc6)c5)nc34)nc12. The number of H-pyrrole nitrogens is 2. The van der Waals surface area contributed by atoms with E-state index in [0.717, 1.165) is 22.2 Å². The van der Waals surface area contributed by atoms with Crippen LogP contribution in [0.1, 0.15) is 5.56 Å². The second-order valence-corrected chi connectivity index (χ2v) is 8.97. The molecule has 5 heterocycles. The minimum Gasteiger partial charge on any atom is -0.487 e. The largest absolute Gasteiger partial charge is 0.487 e. The molecule has 188 valence electrons. The molecule has 39 heavy (non-hydrogen) atoms. The first-order valence-corrected chi connectivity index (χ1v) is 12.3. The van der Waals surface area contributed by atoms with Crippen LogP contribution in [-0.2, 0) is 6.61 Å². The fraction of sp³-hybridized carbons (Fsp3) is 0.0333. The number of benzene rings is 2. The molecule has 0 bridgehead atoms. The highest BCUT2D eigenvalue weighted by atomic mass is 19.1. The molecule has 0 amide bonds. The second kappa shape index (κ2) is 9.46. The number of aromatic amines is 2. The van der Waals surface area contributed by atoms with Gasteiger partial charge in [-0.05, 0) is 42.0 Å². The highest BCUT2D eigenvalue weighted by Crippen LogP contribution is 2.32. The van der Waals surface area contributed by atoms with E-state index in [-0.39, 0.29) is 5.82 Å². The van der Waals surface area contributed by atoms with Gasteiger partial charge in [0.1, 0.15) is 34.9 Å². The Balaban J connectivity index is 1.25. The van der Waals surface area contributed by atoms with Crippen LogP contribution in [0.3, 0.4) is 0 Å². The number of ether oxygens (including phenoxy) is 1. The highest BCUT2D eigenvalue weighted by molar-refractivity contribution is 5.95. The molecule has 0 saturated carbocycles. The molecule has 0 spiro atoms. The molecule has 0 saturated heterocycles. The molecule has 5 aromatic heterocycles. The minimum atomic E-state index is -0.359. The topological polar surface area (TPSA) is 105 Å².